The third-order valence-electron chi connectivity index (χ3n) is 1.96. The van der Waals surface area contributed by atoms with Gasteiger partial charge in [-0.1, -0.05) is 5.57 Å². The van der Waals surface area contributed by atoms with Gasteiger partial charge in [-0.25, -0.2) is 4.79 Å². The third-order valence-corrected chi connectivity index (χ3v) is 3.52. The summed E-state index contributed by atoms with van der Waals surface area (Å²) in [6, 6.07) is 2.08. The lowest BCUT2D eigenvalue weighted by Gasteiger charge is -2.15. The molecule has 1 heterocycles. The fourth-order valence-electron chi connectivity index (χ4n) is 1.48. The molecule has 0 aliphatic heterocycles. The summed E-state index contributed by atoms with van der Waals surface area (Å²) < 4.78 is 1.12. The molecule has 5 heteroatoms. The zero-order valence-electron chi connectivity index (χ0n) is 9.24. The van der Waals surface area contributed by atoms with E-state index >= 15 is 0 Å². The second kappa shape index (κ2) is 6.18. The summed E-state index contributed by atoms with van der Waals surface area (Å²) in [5, 5.41) is 10.7. The fourth-order valence-corrected chi connectivity index (χ4v) is 2.68. The first-order chi connectivity index (χ1) is 7.47. The number of hydrogen-bond donors (Lipinski definition) is 1. The first kappa shape index (κ1) is 13.4. The van der Waals surface area contributed by atoms with Gasteiger partial charge in [0.05, 0.1) is 3.79 Å². The van der Waals surface area contributed by atoms with Crippen LogP contribution in [0.1, 0.15) is 12.5 Å². The van der Waals surface area contributed by atoms with Gasteiger partial charge in [0.15, 0.2) is 0 Å². The number of hydrogen-bond acceptors (Lipinski definition) is 3. The molecule has 0 amide bonds. The van der Waals surface area contributed by atoms with Gasteiger partial charge in [-0.05, 0) is 46.9 Å². The molecule has 0 bridgehead atoms. The van der Waals surface area contributed by atoms with Crippen molar-refractivity contribution in [2.75, 3.05) is 13.6 Å². The molecule has 0 aliphatic rings. The van der Waals surface area contributed by atoms with Gasteiger partial charge in [0.1, 0.15) is 0 Å². The standard InChI is InChI=1S/C11H14BrNO2S/c1-8(3-11(14)15)5-13(2)6-9-4-10(12)16-7-9/h3-4,7H,5-6H2,1-2H3,(H,14,15). The molecule has 1 aromatic heterocycles. The van der Waals surface area contributed by atoms with E-state index in [4.69, 9.17) is 5.11 Å². The van der Waals surface area contributed by atoms with Crippen LogP contribution in [0.4, 0.5) is 0 Å². The Kier molecular flexibility index (Phi) is 5.18. The van der Waals surface area contributed by atoms with Crippen molar-refractivity contribution in [2.45, 2.75) is 13.5 Å². The molecule has 16 heavy (non-hydrogen) atoms. The van der Waals surface area contributed by atoms with Crippen molar-refractivity contribution < 1.29 is 9.90 Å². The molecule has 1 aromatic rings. The van der Waals surface area contributed by atoms with Crippen molar-refractivity contribution in [1.29, 1.82) is 0 Å². The van der Waals surface area contributed by atoms with E-state index < -0.39 is 5.97 Å². The first-order valence-electron chi connectivity index (χ1n) is 4.79. The van der Waals surface area contributed by atoms with E-state index in [0.717, 1.165) is 15.9 Å². The van der Waals surface area contributed by atoms with Gasteiger partial charge in [-0.2, -0.15) is 0 Å². The maximum Gasteiger partial charge on any atom is 0.328 e. The number of carbonyl (C=O) groups is 1. The molecule has 1 N–H and O–H groups in total. The summed E-state index contributed by atoms with van der Waals surface area (Å²) >= 11 is 5.07. The zero-order chi connectivity index (χ0) is 12.1. The second-order valence-electron chi connectivity index (χ2n) is 3.76. The lowest BCUT2D eigenvalue weighted by atomic mass is 10.2. The number of halogens is 1. The van der Waals surface area contributed by atoms with Crippen LogP contribution in [0.3, 0.4) is 0 Å². The lowest BCUT2D eigenvalue weighted by Crippen LogP contribution is -2.19. The van der Waals surface area contributed by atoms with Gasteiger partial charge >= 0.3 is 5.97 Å². The maximum atomic E-state index is 10.5. The summed E-state index contributed by atoms with van der Waals surface area (Å²) in [5.41, 5.74) is 2.09. The van der Waals surface area contributed by atoms with Gasteiger partial charge in [0.25, 0.3) is 0 Å². The van der Waals surface area contributed by atoms with Crippen LogP contribution in [0.15, 0.2) is 26.9 Å². The Labute approximate surface area is 108 Å². The van der Waals surface area contributed by atoms with Gasteiger partial charge in [0, 0.05) is 19.2 Å². The number of thiophene rings is 1. The normalized spacial score (nSPS) is 12.1. The van der Waals surface area contributed by atoms with Gasteiger partial charge in [-0.3, -0.25) is 4.90 Å². The van der Waals surface area contributed by atoms with E-state index in [1.54, 1.807) is 11.3 Å². The molecule has 0 fully saturated rings. The van der Waals surface area contributed by atoms with Crippen LogP contribution in [-0.2, 0) is 11.3 Å². The largest absolute Gasteiger partial charge is 0.478 e. The van der Waals surface area contributed by atoms with E-state index in [1.807, 2.05) is 14.0 Å². The Hall–Kier alpha value is -0.650. The molecule has 1 rings (SSSR count). The first-order valence-corrected chi connectivity index (χ1v) is 6.46. The molecule has 0 spiro atoms. The SMILES string of the molecule is CC(=CC(=O)O)CN(C)Cc1csc(Br)c1. The van der Waals surface area contributed by atoms with Crippen LogP contribution in [0, 0.1) is 0 Å². The molecule has 0 unspecified atom stereocenters. The quantitative estimate of drug-likeness (QED) is 0.850. The average Bonchev–Trinajstić information content (AvgIpc) is 2.48. The van der Waals surface area contributed by atoms with Gasteiger partial charge in [-0.15, -0.1) is 11.3 Å². The molecule has 0 aromatic carbocycles. The number of carboxylic acid groups (broad SMARTS) is 1. The van der Waals surface area contributed by atoms with Crippen molar-refractivity contribution in [3.05, 3.63) is 32.4 Å². The van der Waals surface area contributed by atoms with Crippen LogP contribution < -0.4 is 0 Å². The highest BCUT2D eigenvalue weighted by atomic mass is 79.9. The highest BCUT2D eigenvalue weighted by Gasteiger charge is 2.04. The minimum Gasteiger partial charge on any atom is -0.478 e. The Balaban J connectivity index is 2.47. The lowest BCUT2D eigenvalue weighted by molar-refractivity contribution is -0.131. The number of likely N-dealkylation sites (N-methyl/N-ethyl adjacent to an activating group) is 1. The highest BCUT2D eigenvalue weighted by Crippen LogP contribution is 2.21. The van der Waals surface area contributed by atoms with Crippen molar-refractivity contribution in [2.24, 2.45) is 0 Å². The minimum absolute atomic E-state index is 0.666. The zero-order valence-corrected chi connectivity index (χ0v) is 11.6. The Bertz CT molecular complexity index is 400. The van der Waals surface area contributed by atoms with Crippen molar-refractivity contribution in [3.63, 3.8) is 0 Å². The Morgan fingerprint density at radius 1 is 1.69 bits per heavy atom. The van der Waals surface area contributed by atoms with Crippen LogP contribution in [0.5, 0.6) is 0 Å². The smallest absolute Gasteiger partial charge is 0.328 e. The second-order valence-corrected chi connectivity index (χ2v) is 6.05. The minimum atomic E-state index is -0.885. The molecule has 0 radical (unpaired) electrons. The van der Waals surface area contributed by atoms with Gasteiger partial charge < -0.3 is 5.11 Å². The topological polar surface area (TPSA) is 40.5 Å². The number of rotatable bonds is 5. The van der Waals surface area contributed by atoms with E-state index in [0.29, 0.717) is 6.54 Å². The molecular formula is C11H14BrNO2S. The molecule has 3 nitrogen and oxygen atoms in total. The van der Waals surface area contributed by atoms with Gasteiger partial charge in [0.2, 0.25) is 0 Å². The van der Waals surface area contributed by atoms with Crippen LogP contribution in [0.2, 0.25) is 0 Å². The number of carboxylic acids is 1. The summed E-state index contributed by atoms with van der Waals surface area (Å²) in [6.07, 6.45) is 1.25. The average molecular weight is 304 g/mol. The third kappa shape index (κ3) is 4.92. The molecule has 0 aliphatic carbocycles. The summed E-state index contributed by atoms with van der Waals surface area (Å²) in [4.78, 5) is 12.5. The van der Waals surface area contributed by atoms with E-state index in [2.05, 4.69) is 32.3 Å². The maximum absolute atomic E-state index is 10.5. The van der Waals surface area contributed by atoms with Crippen molar-refractivity contribution in [3.8, 4) is 0 Å². The van der Waals surface area contributed by atoms with Crippen molar-refractivity contribution >= 4 is 33.2 Å². The molecular weight excluding hydrogens is 290 g/mol. The summed E-state index contributed by atoms with van der Waals surface area (Å²) in [5.74, 6) is -0.885. The van der Waals surface area contributed by atoms with Crippen LogP contribution in [0.25, 0.3) is 0 Å². The van der Waals surface area contributed by atoms with Crippen LogP contribution >= 0.6 is 27.3 Å². The van der Waals surface area contributed by atoms with E-state index in [9.17, 15) is 4.79 Å². The monoisotopic (exact) mass is 303 g/mol. The molecule has 0 saturated carbocycles. The fraction of sp³-hybridized carbons (Fsp3) is 0.364. The highest BCUT2D eigenvalue weighted by molar-refractivity contribution is 9.11. The molecule has 0 saturated heterocycles. The predicted octanol–water partition coefficient (Wildman–Crippen LogP) is 2.97. The van der Waals surface area contributed by atoms with E-state index in [1.165, 1.54) is 11.6 Å². The Morgan fingerprint density at radius 3 is 2.88 bits per heavy atom. The molecule has 88 valence electrons. The summed E-state index contributed by atoms with van der Waals surface area (Å²) in [7, 11) is 1.98. The van der Waals surface area contributed by atoms with Crippen LogP contribution in [-0.4, -0.2) is 29.6 Å². The number of aliphatic carboxylic acids is 1. The predicted molar refractivity (Wildman–Crippen MR) is 69.7 cm³/mol. The molecule has 0 atom stereocenters. The summed E-state index contributed by atoms with van der Waals surface area (Å²) in [6.45, 7) is 3.32. The number of nitrogens with zero attached hydrogens (tertiary/aromatic N) is 1. The Morgan fingerprint density at radius 2 is 2.38 bits per heavy atom. The van der Waals surface area contributed by atoms with Crippen molar-refractivity contribution in [1.82, 2.24) is 4.90 Å². The van der Waals surface area contributed by atoms with E-state index in [-0.39, 0.29) is 0 Å².